The predicted molar refractivity (Wildman–Crippen MR) is 62.8 cm³/mol. The van der Waals surface area contributed by atoms with Crippen molar-refractivity contribution in [2.75, 3.05) is 13.2 Å². The lowest BCUT2D eigenvalue weighted by atomic mass is 10.1. The summed E-state index contributed by atoms with van der Waals surface area (Å²) in [5, 5.41) is 2.49. The van der Waals surface area contributed by atoms with Crippen molar-refractivity contribution in [2.45, 2.75) is 19.1 Å². The Kier molecular flexibility index (Phi) is 3.66. The Hall–Kier alpha value is -1.82. The molecule has 98 valence electrons. The fraction of sp³-hybridized carbons (Fsp3) is 0.417. The van der Waals surface area contributed by atoms with Gasteiger partial charge in [0.2, 0.25) is 0 Å². The molecule has 3 N–H and O–H groups in total. The van der Waals surface area contributed by atoms with E-state index < -0.39 is 11.9 Å². The Labute approximate surface area is 104 Å². The highest BCUT2D eigenvalue weighted by molar-refractivity contribution is 5.69. The highest BCUT2D eigenvalue weighted by atomic mass is 19.1. The van der Waals surface area contributed by atoms with Gasteiger partial charge >= 0.3 is 6.09 Å². The number of ether oxygens (including phenoxy) is 2. The van der Waals surface area contributed by atoms with Gasteiger partial charge in [-0.2, -0.15) is 0 Å². The molecule has 6 heteroatoms. The first-order chi connectivity index (χ1) is 8.56. The topological polar surface area (TPSA) is 73.6 Å². The number of carbonyl (C=O) groups excluding carboxylic acids is 1. The highest BCUT2D eigenvalue weighted by Crippen LogP contribution is 2.21. The number of rotatable bonds is 4. The lowest BCUT2D eigenvalue weighted by Crippen LogP contribution is -2.22. The van der Waals surface area contributed by atoms with Gasteiger partial charge in [0.25, 0.3) is 0 Å². The van der Waals surface area contributed by atoms with Gasteiger partial charge < -0.3 is 20.5 Å². The Morgan fingerprint density at radius 2 is 2.44 bits per heavy atom. The molecule has 1 fully saturated rings. The van der Waals surface area contributed by atoms with Crippen molar-refractivity contribution in [3.05, 3.63) is 29.6 Å². The zero-order chi connectivity index (χ0) is 13.1. The second kappa shape index (κ2) is 5.22. The van der Waals surface area contributed by atoms with E-state index in [-0.39, 0.29) is 24.5 Å². The van der Waals surface area contributed by atoms with Crippen LogP contribution in [0.25, 0.3) is 0 Å². The number of hydrogen-bond donors (Lipinski definition) is 2. The van der Waals surface area contributed by atoms with Crippen LogP contribution in [0.4, 0.5) is 9.18 Å². The fourth-order valence-corrected chi connectivity index (χ4v) is 1.62. The van der Waals surface area contributed by atoms with Crippen molar-refractivity contribution in [2.24, 2.45) is 5.73 Å². The summed E-state index contributed by atoms with van der Waals surface area (Å²) < 4.78 is 23.8. The number of nitrogens with two attached hydrogens (primary N) is 1. The van der Waals surface area contributed by atoms with Crippen LogP contribution in [-0.4, -0.2) is 25.3 Å². The molecule has 0 radical (unpaired) electrons. The van der Waals surface area contributed by atoms with Gasteiger partial charge in [0, 0.05) is 6.04 Å². The number of nitrogens with one attached hydrogen (secondary N) is 1. The van der Waals surface area contributed by atoms with Crippen LogP contribution in [0.15, 0.2) is 18.2 Å². The minimum absolute atomic E-state index is 0.118. The third kappa shape index (κ3) is 2.89. The first-order valence-electron chi connectivity index (χ1n) is 5.68. The first kappa shape index (κ1) is 12.6. The number of halogens is 1. The summed E-state index contributed by atoms with van der Waals surface area (Å²) in [4.78, 5) is 10.8. The first-order valence-corrected chi connectivity index (χ1v) is 5.68. The number of cyclic esters (lactones) is 1. The van der Waals surface area contributed by atoms with E-state index in [4.69, 9.17) is 15.2 Å². The van der Waals surface area contributed by atoms with Gasteiger partial charge in [-0.05, 0) is 24.6 Å². The maximum atomic E-state index is 13.7. The smallest absolute Gasteiger partial charge is 0.407 e. The van der Waals surface area contributed by atoms with Crippen LogP contribution in [0.1, 0.15) is 18.5 Å². The molecule has 0 saturated carbocycles. The van der Waals surface area contributed by atoms with Crippen LogP contribution >= 0.6 is 0 Å². The standard InChI is InChI=1S/C12H15FN2O3/c1-7(14)8-2-3-11(10(13)4-8)17-6-9-5-15-12(16)18-9/h2-4,7,9H,5-6,14H2,1H3,(H,15,16)/t7-,9?/m0/s1. The average Bonchev–Trinajstić information content (AvgIpc) is 2.73. The number of alkyl carbamates (subject to hydrolysis) is 1. The molecule has 1 aromatic rings. The minimum atomic E-state index is -0.476. The minimum Gasteiger partial charge on any atom is -0.487 e. The second-order valence-electron chi connectivity index (χ2n) is 4.20. The quantitative estimate of drug-likeness (QED) is 0.850. The number of carbonyl (C=O) groups is 1. The van der Waals surface area contributed by atoms with Crippen LogP contribution < -0.4 is 15.8 Å². The van der Waals surface area contributed by atoms with Crippen molar-refractivity contribution in [3.63, 3.8) is 0 Å². The molecular weight excluding hydrogens is 239 g/mol. The van der Waals surface area contributed by atoms with Crippen LogP contribution in [-0.2, 0) is 4.74 Å². The normalized spacial score (nSPS) is 20.2. The van der Waals surface area contributed by atoms with E-state index in [1.165, 1.54) is 12.1 Å². The summed E-state index contributed by atoms with van der Waals surface area (Å²) in [7, 11) is 0. The molecule has 1 saturated heterocycles. The zero-order valence-corrected chi connectivity index (χ0v) is 9.98. The van der Waals surface area contributed by atoms with Crippen molar-refractivity contribution < 1.29 is 18.7 Å². The highest BCUT2D eigenvalue weighted by Gasteiger charge is 2.23. The van der Waals surface area contributed by atoms with E-state index in [2.05, 4.69) is 5.32 Å². The molecule has 2 atom stereocenters. The molecule has 0 bridgehead atoms. The maximum absolute atomic E-state index is 13.7. The molecule has 2 rings (SSSR count). The largest absolute Gasteiger partial charge is 0.487 e. The molecule has 0 aliphatic carbocycles. The molecule has 1 aromatic carbocycles. The molecule has 1 unspecified atom stereocenters. The molecular formula is C12H15FN2O3. The Morgan fingerprint density at radius 1 is 1.67 bits per heavy atom. The summed E-state index contributed by atoms with van der Waals surface area (Å²) in [5.74, 6) is -0.343. The van der Waals surface area contributed by atoms with Crippen LogP contribution in [0, 0.1) is 5.82 Å². The van der Waals surface area contributed by atoms with E-state index in [1.807, 2.05) is 0 Å². The van der Waals surface area contributed by atoms with Gasteiger partial charge in [0.05, 0.1) is 6.54 Å². The Bertz CT molecular complexity index is 451. The van der Waals surface area contributed by atoms with Crippen molar-refractivity contribution in [3.8, 4) is 5.75 Å². The summed E-state index contributed by atoms with van der Waals surface area (Å²) in [5.41, 5.74) is 6.35. The van der Waals surface area contributed by atoms with Crippen molar-refractivity contribution in [1.82, 2.24) is 5.32 Å². The number of hydrogen-bond acceptors (Lipinski definition) is 4. The monoisotopic (exact) mass is 254 g/mol. The lowest BCUT2D eigenvalue weighted by molar-refractivity contribution is 0.103. The second-order valence-corrected chi connectivity index (χ2v) is 4.20. The van der Waals surface area contributed by atoms with Crippen molar-refractivity contribution >= 4 is 6.09 Å². The third-order valence-electron chi connectivity index (χ3n) is 2.65. The SMILES string of the molecule is C[C@H](N)c1ccc(OCC2CNC(=O)O2)c(F)c1. The summed E-state index contributed by atoms with van der Waals surface area (Å²) >= 11 is 0. The summed E-state index contributed by atoms with van der Waals surface area (Å²) in [6, 6.07) is 4.35. The predicted octanol–water partition coefficient (Wildman–Crippen LogP) is 1.33. The van der Waals surface area contributed by atoms with Crippen LogP contribution in [0.5, 0.6) is 5.75 Å². The molecule has 1 aliphatic heterocycles. The lowest BCUT2D eigenvalue weighted by Gasteiger charge is -2.12. The van der Waals surface area contributed by atoms with Gasteiger partial charge in [-0.1, -0.05) is 6.07 Å². The van der Waals surface area contributed by atoms with Gasteiger partial charge in [-0.25, -0.2) is 9.18 Å². The Balaban J connectivity index is 1.95. The van der Waals surface area contributed by atoms with Gasteiger partial charge in [0.15, 0.2) is 17.7 Å². The van der Waals surface area contributed by atoms with Crippen LogP contribution in [0.3, 0.4) is 0 Å². The summed E-state index contributed by atoms with van der Waals surface area (Å²) in [6.07, 6.45) is -0.860. The number of amides is 1. The van der Waals surface area contributed by atoms with Gasteiger partial charge in [-0.3, -0.25) is 0 Å². The summed E-state index contributed by atoms with van der Waals surface area (Å²) in [6.45, 7) is 2.27. The average molecular weight is 254 g/mol. The van der Waals surface area contributed by atoms with Crippen LogP contribution in [0.2, 0.25) is 0 Å². The molecule has 1 amide bonds. The third-order valence-corrected chi connectivity index (χ3v) is 2.65. The van der Waals surface area contributed by atoms with E-state index >= 15 is 0 Å². The molecule has 0 spiro atoms. The fourth-order valence-electron chi connectivity index (χ4n) is 1.62. The molecule has 18 heavy (non-hydrogen) atoms. The molecule has 5 nitrogen and oxygen atoms in total. The van der Waals surface area contributed by atoms with E-state index in [0.29, 0.717) is 12.1 Å². The zero-order valence-electron chi connectivity index (χ0n) is 9.98. The van der Waals surface area contributed by atoms with E-state index in [9.17, 15) is 9.18 Å². The van der Waals surface area contributed by atoms with E-state index in [1.54, 1.807) is 13.0 Å². The maximum Gasteiger partial charge on any atom is 0.407 e. The number of benzene rings is 1. The molecule has 1 heterocycles. The molecule has 1 aliphatic rings. The van der Waals surface area contributed by atoms with Crippen molar-refractivity contribution in [1.29, 1.82) is 0 Å². The molecule has 0 aromatic heterocycles. The van der Waals surface area contributed by atoms with Gasteiger partial charge in [-0.15, -0.1) is 0 Å². The van der Waals surface area contributed by atoms with E-state index in [0.717, 1.165) is 0 Å². The Morgan fingerprint density at radius 3 is 3.00 bits per heavy atom. The van der Waals surface area contributed by atoms with Gasteiger partial charge in [0.1, 0.15) is 6.61 Å².